The van der Waals surface area contributed by atoms with Crippen LogP contribution in [0, 0.1) is 11.3 Å². The molecule has 4 nitrogen and oxygen atoms in total. The molecule has 0 amide bonds. The highest BCUT2D eigenvalue weighted by Gasteiger charge is 2.24. The smallest absolute Gasteiger partial charge is 0.120 e. The molecular weight excluding hydrogens is 266 g/mol. The minimum absolute atomic E-state index is 0.281. The average Bonchev–Trinajstić information content (AvgIpc) is 2.46. The van der Waals surface area contributed by atoms with E-state index in [1.54, 1.807) is 12.1 Å². The summed E-state index contributed by atoms with van der Waals surface area (Å²) in [5.74, 6) is 0.738. The Morgan fingerprint density at radius 2 is 2.00 bits per heavy atom. The molecular formula is C17H23NO3. The summed E-state index contributed by atoms with van der Waals surface area (Å²) in [5.41, 5.74) is 0.619. The zero-order valence-corrected chi connectivity index (χ0v) is 12.7. The molecule has 0 spiro atoms. The maximum atomic E-state index is 8.82. The van der Waals surface area contributed by atoms with E-state index >= 15 is 0 Å². The van der Waals surface area contributed by atoms with Crippen molar-refractivity contribution in [3.05, 3.63) is 29.8 Å². The van der Waals surface area contributed by atoms with Gasteiger partial charge in [0.2, 0.25) is 0 Å². The van der Waals surface area contributed by atoms with E-state index in [-0.39, 0.29) is 12.2 Å². The number of ether oxygens (including phenoxy) is 3. The zero-order chi connectivity index (χ0) is 15.1. The topological polar surface area (TPSA) is 51.5 Å². The van der Waals surface area contributed by atoms with Crippen LogP contribution in [0.1, 0.15) is 38.7 Å². The van der Waals surface area contributed by atoms with Gasteiger partial charge in [0.15, 0.2) is 0 Å². The second kappa shape index (κ2) is 8.02. The van der Waals surface area contributed by atoms with E-state index in [1.807, 2.05) is 12.1 Å². The van der Waals surface area contributed by atoms with Gasteiger partial charge in [-0.25, -0.2) is 0 Å². The first kappa shape index (κ1) is 15.8. The zero-order valence-electron chi connectivity index (χ0n) is 12.7. The van der Waals surface area contributed by atoms with E-state index in [0.29, 0.717) is 24.9 Å². The molecule has 1 aliphatic heterocycles. The predicted molar refractivity (Wildman–Crippen MR) is 80.3 cm³/mol. The summed E-state index contributed by atoms with van der Waals surface area (Å²) in [4.78, 5) is 0. The minimum Gasteiger partial charge on any atom is -0.493 e. The number of nitriles is 1. The summed E-state index contributed by atoms with van der Waals surface area (Å²) in [6.45, 7) is 5.49. The van der Waals surface area contributed by atoms with E-state index in [9.17, 15) is 0 Å². The van der Waals surface area contributed by atoms with Gasteiger partial charge >= 0.3 is 0 Å². The van der Waals surface area contributed by atoms with Crippen molar-refractivity contribution in [2.45, 2.75) is 51.4 Å². The molecule has 0 bridgehead atoms. The Morgan fingerprint density at radius 1 is 1.24 bits per heavy atom. The van der Waals surface area contributed by atoms with Crippen molar-refractivity contribution in [2.75, 3.05) is 13.2 Å². The summed E-state index contributed by atoms with van der Waals surface area (Å²) >= 11 is 0. The lowest BCUT2D eigenvalue weighted by molar-refractivity contribution is -0.102. The first-order valence-electron chi connectivity index (χ1n) is 7.57. The summed E-state index contributed by atoms with van der Waals surface area (Å²) < 4.78 is 17.2. The molecule has 21 heavy (non-hydrogen) atoms. The monoisotopic (exact) mass is 289 g/mol. The van der Waals surface area contributed by atoms with Crippen LogP contribution >= 0.6 is 0 Å². The van der Waals surface area contributed by atoms with Crippen LogP contribution in [-0.2, 0) is 9.47 Å². The summed E-state index contributed by atoms with van der Waals surface area (Å²) in [6, 6.07) is 9.32. The quantitative estimate of drug-likeness (QED) is 0.754. The van der Waals surface area contributed by atoms with Crippen LogP contribution in [-0.4, -0.2) is 31.5 Å². The number of hydrogen-bond acceptors (Lipinski definition) is 4. The second-order valence-corrected chi connectivity index (χ2v) is 5.56. The summed E-state index contributed by atoms with van der Waals surface area (Å²) in [6.07, 6.45) is 3.64. The van der Waals surface area contributed by atoms with Crippen LogP contribution in [0.2, 0.25) is 0 Å². The van der Waals surface area contributed by atoms with Crippen molar-refractivity contribution in [1.29, 1.82) is 5.26 Å². The molecule has 1 aliphatic rings. The molecule has 0 saturated carbocycles. The molecule has 2 atom stereocenters. The van der Waals surface area contributed by atoms with Crippen molar-refractivity contribution < 1.29 is 14.2 Å². The molecule has 4 heteroatoms. The molecule has 1 fully saturated rings. The molecule has 1 aromatic carbocycles. The lowest BCUT2D eigenvalue weighted by Gasteiger charge is -2.32. The van der Waals surface area contributed by atoms with Crippen molar-refractivity contribution in [3.8, 4) is 11.8 Å². The maximum Gasteiger partial charge on any atom is 0.120 e. The Bertz CT molecular complexity index is 473. The van der Waals surface area contributed by atoms with Crippen molar-refractivity contribution in [3.63, 3.8) is 0 Å². The number of hydrogen-bond donors (Lipinski definition) is 0. The van der Waals surface area contributed by atoms with E-state index in [0.717, 1.165) is 25.0 Å². The summed E-state index contributed by atoms with van der Waals surface area (Å²) in [7, 11) is 0. The lowest BCUT2D eigenvalue weighted by Crippen LogP contribution is -2.34. The fraction of sp³-hybridized carbons (Fsp3) is 0.588. The van der Waals surface area contributed by atoms with Gasteiger partial charge in [-0.05, 0) is 44.9 Å². The average molecular weight is 289 g/mol. The highest BCUT2D eigenvalue weighted by molar-refractivity contribution is 5.36. The molecule has 0 aliphatic carbocycles. The molecule has 2 unspecified atom stereocenters. The van der Waals surface area contributed by atoms with Gasteiger partial charge in [-0.3, -0.25) is 0 Å². The normalized spacial score (nSPS) is 25.3. The third-order valence-electron chi connectivity index (χ3n) is 3.53. The van der Waals surface area contributed by atoms with Crippen LogP contribution in [0.5, 0.6) is 5.75 Å². The van der Waals surface area contributed by atoms with Crippen molar-refractivity contribution in [1.82, 2.24) is 0 Å². The predicted octanol–water partition coefficient (Wildman–Crippen LogP) is 3.30. The Morgan fingerprint density at radius 3 is 2.71 bits per heavy atom. The fourth-order valence-corrected chi connectivity index (χ4v) is 2.63. The largest absolute Gasteiger partial charge is 0.493 e. The summed E-state index contributed by atoms with van der Waals surface area (Å²) in [5, 5.41) is 8.82. The number of nitrogens with zero attached hydrogens (tertiary/aromatic N) is 1. The van der Waals surface area contributed by atoms with Gasteiger partial charge < -0.3 is 14.2 Å². The van der Waals surface area contributed by atoms with E-state index < -0.39 is 0 Å². The van der Waals surface area contributed by atoms with Gasteiger partial charge in [0.05, 0.1) is 43.2 Å². The van der Waals surface area contributed by atoms with E-state index in [2.05, 4.69) is 19.9 Å². The first-order chi connectivity index (χ1) is 10.2. The van der Waals surface area contributed by atoms with Gasteiger partial charge in [0, 0.05) is 6.42 Å². The van der Waals surface area contributed by atoms with Gasteiger partial charge in [0.25, 0.3) is 0 Å². The minimum atomic E-state index is 0.281. The second-order valence-electron chi connectivity index (χ2n) is 5.56. The van der Waals surface area contributed by atoms with Crippen LogP contribution in [0.4, 0.5) is 0 Å². The van der Waals surface area contributed by atoms with E-state index in [1.165, 1.54) is 0 Å². The molecule has 2 rings (SSSR count). The van der Waals surface area contributed by atoms with Gasteiger partial charge in [-0.15, -0.1) is 0 Å². The van der Waals surface area contributed by atoms with E-state index in [4.69, 9.17) is 19.5 Å². The molecule has 114 valence electrons. The highest BCUT2D eigenvalue weighted by Crippen LogP contribution is 2.21. The Hall–Kier alpha value is -1.57. The molecule has 1 heterocycles. The molecule has 1 saturated heterocycles. The molecule has 1 aromatic rings. The molecule has 0 N–H and O–H groups in total. The van der Waals surface area contributed by atoms with Gasteiger partial charge in [-0.2, -0.15) is 5.26 Å². The maximum absolute atomic E-state index is 8.82. The first-order valence-corrected chi connectivity index (χ1v) is 7.57. The molecule has 0 aromatic heterocycles. The fourth-order valence-electron chi connectivity index (χ4n) is 2.63. The Balaban J connectivity index is 1.62. The molecule has 0 radical (unpaired) electrons. The third-order valence-corrected chi connectivity index (χ3v) is 3.53. The van der Waals surface area contributed by atoms with Crippen molar-refractivity contribution in [2.24, 2.45) is 0 Å². The highest BCUT2D eigenvalue weighted by atomic mass is 16.5. The van der Waals surface area contributed by atoms with Crippen LogP contribution in [0.15, 0.2) is 24.3 Å². The van der Waals surface area contributed by atoms with Crippen LogP contribution in [0.25, 0.3) is 0 Å². The van der Waals surface area contributed by atoms with Crippen LogP contribution in [0.3, 0.4) is 0 Å². The number of benzene rings is 1. The number of rotatable bonds is 6. The van der Waals surface area contributed by atoms with Gasteiger partial charge in [-0.1, -0.05) is 6.07 Å². The van der Waals surface area contributed by atoms with Crippen LogP contribution < -0.4 is 4.74 Å². The standard InChI is InChI=1S/C17H23NO3/c1-13-9-17(10-14(2)21-13)20-8-4-7-19-16-6-3-5-15(11-16)12-18/h3,5-6,11,13-14,17H,4,7-10H2,1-2H3. The van der Waals surface area contributed by atoms with Gasteiger partial charge in [0.1, 0.15) is 5.75 Å². The van der Waals surface area contributed by atoms with Crippen molar-refractivity contribution >= 4 is 0 Å². The third kappa shape index (κ3) is 5.37. The Labute approximate surface area is 126 Å². The SMILES string of the molecule is CC1CC(OCCCOc2cccc(C#N)c2)CC(C)O1. The Kier molecular flexibility index (Phi) is 6.04. The lowest BCUT2D eigenvalue weighted by atomic mass is 10.0.